The summed E-state index contributed by atoms with van der Waals surface area (Å²) in [4.78, 5) is 18.4. The summed E-state index contributed by atoms with van der Waals surface area (Å²) in [5.74, 6) is 2.93. The van der Waals surface area contributed by atoms with Crippen molar-refractivity contribution in [3.63, 3.8) is 0 Å². The quantitative estimate of drug-likeness (QED) is 0.153. The van der Waals surface area contributed by atoms with Crippen LogP contribution in [-0.4, -0.2) is 29.8 Å². The van der Waals surface area contributed by atoms with E-state index in [0.29, 0.717) is 64.8 Å². The zero-order chi connectivity index (χ0) is 30.4. The monoisotopic (exact) mass is 735 g/mol. The molecule has 0 saturated carbocycles. The number of benzene rings is 4. The van der Waals surface area contributed by atoms with Crippen LogP contribution in [0.1, 0.15) is 11.1 Å². The fraction of sp³-hybridized carbons (Fsp3) is 0.0938. The number of hydrogen-bond donors (Lipinski definition) is 0. The summed E-state index contributed by atoms with van der Waals surface area (Å²) in [6, 6.07) is 21.6. The number of methoxy groups -OCH3 is 1. The van der Waals surface area contributed by atoms with E-state index in [1.165, 1.54) is 4.68 Å². The molecule has 2 aromatic heterocycles. The van der Waals surface area contributed by atoms with Crippen LogP contribution in [0.25, 0.3) is 33.5 Å². The predicted octanol–water partition coefficient (Wildman–Crippen LogP) is 8.19. The van der Waals surface area contributed by atoms with Gasteiger partial charge in [0, 0.05) is 20.4 Å². The molecule has 9 nitrogen and oxygen atoms in total. The maximum Gasteiger partial charge on any atom is 0.282 e. The summed E-state index contributed by atoms with van der Waals surface area (Å²) in [6.45, 7) is 0.459. The zero-order valence-corrected chi connectivity index (χ0v) is 26.8. The molecule has 7 rings (SSSR count). The summed E-state index contributed by atoms with van der Waals surface area (Å²) in [7, 11) is 1.55. The normalized spacial score (nSPS) is 12.5. The van der Waals surface area contributed by atoms with Gasteiger partial charge >= 0.3 is 0 Å². The number of rotatable bonds is 7. The van der Waals surface area contributed by atoms with E-state index in [1.807, 2.05) is 24.3 Å². The standard InChI is InChI=1S/C32H20Br2ClN3O6/c1-40-26-13-19(28(33)29(34)30(26)41-15-17-6-8-24-25(10-17)43-16-42-24)14-36-38-31(37-22-5-3-2-4-21(22)32(38)39)27-12-18-11-20(35)7-9-23(18)44-27/h2-14H,15-16H2,1H3. The molecular weight excluding hydrogens is 718 g/mol. The Bertz CT molecular complexity index is 2180. The Kier molecular flexibility index (Phi) is 7.53. The van der Waals surface area contributed by atoms with Crippen LogP contribution in [-0.2, 0) is 6.61 Å². The van der Waals surface area contributed by atoms with Gasteiger partial charge in [0.25, 0.3) is 5.56 Å². The second-order valence-corrected chi connectivity index (χ2v) is 11.7. The van der Waals surface area contributed by atoms with Gasteiger partial charge in [-0.1, -0.05) is 29.8 Å². The van der Waals surface area contributed by atoms with Crippen LogP contribution in [0.4, 0.5) is 0 Å². The predicted molar refractivity (Wildman–Crippen MR) is 175 cm³/mol. The molecule has 1 aliphatic rings. The summed E-state index contributed by atoms with van der Waals surface area (Å²) < 4.78 is 31.2. The van der Waals surface area contributed by atoms with Crippen molar-refractivity contribution in [2.75, 3.05) is 13.9 Å². The summed E-state index contributed by atoms with van der Waals surface area (Å²) in [5, 5.41) is 6.34. The lowest BCUT2D eigenvalue weighted by molar-refractivity contribution is 0.174. The third kappa shape index (κ3) is 5.21. The fourth-order valence-electron chi connectivity index (χ4n) is 4.81. The van der Waals surface area contributed by atoms with E-state index in [9.17, 15) is 4.79 Å². The highest BCUT2D eigenvalue weighted by Crippen LogP contribution is 2.43. The number of halogens is 3. The van der Waals surface area contributed by atoms with Gasteiger partial charge in [0.1, 0.15) is 12.2 Å². The molecule has 0 amide bonds. The number of nitrogens with zero attached hydrogens (tertiary/aromatic N) is 3. The van der Waals surface area contributed by atoms with E-state index in [-0.39, 0.29) is 24.8 Å². The molecule has 0 spiro atoms. The van der Waals surface area contributed by atoms with Gasteiger partial charge in [-0.25, -0.2) is 4.98 Å². The number of hydrogen-bond acceptors (Lipinski definition) is 8. The zero-order valence-electron chi connectivity index (χ0n) is 22.8. The molecule has 0 aliphatic carbocycles. The second-order valence-electron chi connectivity index (χ2n) is 9.71. The fourth-order valence-corrected chi connectivity index (χ4v) is 5.92. The first-order valence-electron chi connectivity index (χ1n) is 13.2. The van der Waals surface area contributed by atoms with Crippen molar-refractivity contribution in [1.29, 1.82) is 0 Å². The Balaban J connectivity index is 1.27. The van der Waals surface area contributed by atoms with Gasteiger partial charge in [0.15, 0.2) is 28.8 Å². The molecular formula is C32H20Br2ClN3O6. The average Bonchev–Trinajstić information content (AvgIpc) is 3.68. The first kappa shape index (κ1) is 28.5. The first-order valence-corrected chi connectivity index (χ1v) is 15.2. The molecule has 0 unspecified atom stereocenters. The molecule has 4 aromatic carbocycles. The largest absolute Gasteiger partial charge is 0.493 e. The highest BCUT2D eigenvalue weighted by atomic mass is 79.9. The minimum Gasteiger partial charge on any atom is -0.493 e. The molecule has 0 radical (unpaired) electrons. The highest BCUT2D eigenvalue weighted by molar-refractivity contribution is 9.13. The Morgan fingerprint density at radius 1 is 1.02 bits per heavy atom. The van der Waals surface area contributed by atoms with Crippen molar-refractivity contribution in [3.05, 3.63) is 108 Å². The first-order chi connectivity index (χ1) is 21.4. The van der Waals surface area contributed by atoms with Crippen LogP contribution < -0.4 is 24.5 Å². The van der Waals surface area contributed by atoms with E-state index in [2.05, 4.69) is 37.0 Å². The molecule has 220 valence electrons. The lowest BCUT2D eigenvalue weighted by Crippen LogP contribution is -2.20. The van der Waals surface area contributed by atoms with Crippen LogP contribution >= 0.6 is 43.5 Å². The Morgan fingerprint density at radius 2 is 1.86 bits per heavy atom. The van der Waals surface area contributed by atoms with E-state index in [0.717, 1.165) is 10.9 Å². The van der Waals surface area contributed by atoms with Gasteiger partial charge < -0.3 is 23.4 Å². The number of para-hydroxylation sites is 1. The van der Waals surface area contributed by atoms with E-state index in [1.54, 1.807) is 61.9 Å². The van der Waals surface area contributed by atoms with Crippen molar-refractivity contribution in [1.82, 2.24) is 9.66 Å². The van der Waals surface area contributed by atoms with Crippen LogP contribution in [0.15, 0.2) is 96.1 Å². The minimum atomic E-state index is -0.355. The van der Waals surface area contributed by atoms with Crippen molar-refractivity contribution in [2.45, 2.75) is 6.61 Å². The molecule has 0 atom stereocenters. The molecule has 6 aromatic rings. The van der Waals surface area contributed by atoms with Gasteiger partial charge in [-0.2, -0.15) is 9.78 Å². The Hall–Kier alpha value is -4.32. The van der Waals surface area contributed by atoms with Gasteiger partial charge in [0.2, 0.25) is 12.6 Å². The Labute approximate surface area is 271 Å². The molecule has 12 heteroatoms. The molecule has 0 saturated heterocycles. The average molecular weight is 738 g/mol. The topological polar surface area (TPSA) is 97.3 Å². The number of furan rings is 1. The lowest BCUT2D eigenvalue weighted by Gasteiger charge is -2.15. The molecule has 1 aliphatic heterocycles. The molecule has 0 fully saturated rings. The molecule has 0 bridgehead atoms. The van der Waals surface area contributed by atoms with Crippen LogP contribution in [0.5, 0.6) is 23.0 Å². The van der Waals surface area contributed by atoms with Gasteiger partial charge in [0.05, 0.1) is 28.7 Å². The van der Waals surface area contributed by atoms with Crippen molar-refractivity contribution >= 4 is 71.5 Å². The maximum absolute atomic E-state index is 13.7. The van der Waals surface area contributed by atoms with Crippen molar-refractivity contribution in [3.8, 4) is 34.6 Å². The van der Waals surface area contributed by atoms with E-state index in [4.69, 9.17) is 39.9 Å². The van der Waals surface area contributed by atoms with Crippen LogP contribution in [0.2, 0.25) is 5.02 Å². The number of aromatic nitrogens is 2. The molecule has 44 heavy (non-hydrogen) atoms. The van der Waals surface area contributed by atoms with Crippen LogP contribution in [0.3, 0.4) is 0 Å². The SMILES string of the molecule is COc1cc(C=Nn2c(-c3cc4cc(Cl)ccc4o3)nc3ccccc3c2=O)c(Br)c(Br)c1OCc1ccc2c(c1)OCO2. The third-order valence-corrected chi connectivity index (χ3v) is 9.34. The second kappa shape index (κ2) is 11.6. The van der Waals surface area contributed by atoms with E-state index >= 15 is 0 Å². The smallest absolute Gasteiger partial charge is 0.282 e. The van der Waals surface area contributed by atoms with E-state index < -0.39 is 0 Å². The summed E-state index contributed by atoms with van der Waals surface area (Å²) >= 11 is 13.5. The number of fused-ring (bicyclic) bond motifs is 3. The molecule has 0 N–H and O–H groups in total. The molecule has 3 heterocycles. The van der Waals surface area contributed by atoms with Crippen molar-refractivity contribution in [2.24, 2.45) is 5.10 Å². The highest BCUT2D eigenvalue weighted by Gasteiger charge is 2.20. The third-order valence-electron chi connectivity index (χ3n) is 6.96. The van der Waals surface area contributed by atoms with Crippen LogP contribution in [0, 0.1) is 0 Å². The maximum atomic E-state index is 13.7. The summed E-state index contributed by atoms with van der Waals surface area (Å²) in [5.41, 5.74) is 2.29. The van der Waals surface area contributed by atoms with Gasteiger partial charge in [-0.15, -0.1) is 0 Å². The van der Waals surface area contributed by atoms with Gasteiger partial charge in [-0.05, 0) is 92.0 Å². The van der Waals surface area contributed by atoms with Crippen molar-refractivity contribution < 1.29 is 23.4 Å². The van der Waals surface area contributed by atoms with Gasteiger partial charge in [-0.3, -0.25) is 4.79 Å². The Morgan fingerprint density at radius 3 is 2.73 bits per heavy atom. The number of ether oxygens (including phenoxy) is 4. The minimum absolute atomic E-state index is 0.199. The lowest BCUT2D eigenvalue weighted by atomic mass is 10.2. The summed E-state index contributed by atoms with van der Waals surface area (Å²) in [6.07, 6.45) is 1.54.